The molecule has 0 saturated carbocycles. The molecule has 0 aliphatic heterocycles. The Hall–Kier alpha value is -1.39. The van der Waals surface area contributed by atoms with Crippen LogP contribution in [0.2, 0.25) is 0 Å². The van der Waals surface area contributed by atoms with Crippen molar-refractivity contribution in [3.63, 3.8) is 0 Å². The lowest BCUT2D eigenvalue weighted by Crippen LogP contribution is -2.26. The first kappa shape index (κ1) is 11.6. The maximum absolute atomic E-state index is 11.0. The lowest BCUT2D eigenvalue weighted by Gasteiger charge is -2.09. The van der Waals surface area contributed by atoms with E-state index in [2.05, 4.69) is 4.74 Å². The van der Waals surface area contributed by atoms with E-state index in [0.717, 1.165) is 0 Å². The van der Waals surface area contributed by atoms with Crippen molar-refractivity contribution >= 4 is 17.7 Å². The van der Waals surface area contributed by atoms with E-state index in [-0.39, 0.29) is 6.61 Å². The van der Waals surface area contributed by atoms with Gasteiger partial charge in [0.15, 0.2) is 0 Å². The van der Waals surface area contributed by atoms with Crippen molar-refractivity contribution in [1.82, 2.24) is 0 Å². The largest absolute Gasteiger partial charge is 0.481 e. The lowest BCUT2D eigenvalue weighted by molar-refractivity contribution is -0.155. The molecule has 1 atom stereocenters. The van der Waals surface area contributed by atoms with Crippen LogP contribution in [-0.4, -0.2) is 29.4 Å². The maximum atomic E-state index is 11.0. The number of hydrogen-bond acceptors (Lipinski definition) is 4. The second-order valence-electron chi connectivity index (χ2n) is 2.51. The molecule has 0 rings (SSSR count). The average Bonchev–Trinajstić information content (AvgIpc) is 1.99. The van der Waals surface area contributed by atoms with Crippen LogP contribution in [0.15, 0.2) is 0 Å². The molecule has 5 heteroatoms. The van der Waals surface area contributed by atoms with E-state index in [4.69, 9.17) is 5.11 Å². The van der Waals surface area contributed by atoms with E-state index in [0.29, 0.717) is 0 Å². The SMILES string of the molecule is CCOC(=O)C(CC(=O)O)C(C)=O. The molecule has 1 unspecified atom stereocenters. The van der Waals surface area contributed by atoms with Gasteiger partial charge in [0.25, 0.3) is 0 Å². The summed E-state index contributed by atoms with van der Waals surface area (Å²) in [6.45, 7) is 2.91. The van der Waals surface area contributed by atoms with Crippen LogP contribution >= 0.6 is 0 Å². The number of rotatable bonds is 5. The molecule has 1 N–H and O–H groups in total. The van der Waals surface area contributed by atoms with Crippen molar-refractivity contribution in [2.24, 2.45) is 5.92 Å². The summed E-state index contributed by atoms with van der Waals surface area (Å²) in [5, 5.41) is 8.39. The average molecular weight is 188 g/mol. The third-order valence-electron chi connectivity index (χ3n) is 1.44. The zero-order valence-electron chi connectivity index (χ0n) is 7.57. The molecule has 0 aliphatic carbocycles. The van der Waals surface area contributed by atoms with Gasteiger partial charge < -0.3 is 9.84 Å². The van der Waals surface area contributed by atoms with Crippen molar-refractivity contribution < 1.29 is 24.2 Å². The van der Waals surface area contributed by atoms with Gasteiger partial charge in [0.2, 0.25) is 0 Å². The second kappa shape index (κ2) is 5.29. The highest BCUT2D eigenvalue weighted by Crippen LogP contribution is 2.07. The smallest absolute Gasteiger partial charge is 0.317 e. The topological polar surface area (TPSA) is 80.7 Å². The van der Waals surface area contributed by atoms with E-state index >= 15 is 0 Å². The number of esters is 1. The first-order valence-electron chi connectivity index (χ1n) is 3.88. The Morgan fingerprint density at radius 2 is 1.92 bits per heavy atom. The number of hydrogen-bond donors (Lipinski definition) is 1. The third-order valence-corrected chi connectivity index (χ3v) is 1.44. The van der Waals surface area contributed by atoms with E-state index < -0.39 is 30.1 Å². The van der Waals surface area contributed by atoms with Gasteiger partial charge in [0.1, 0.15) is 11.7 Å². The van der Waals surface area contributed by atoms with Crippen LogP contribution in [0.25, 0.3) is 0 Å². The highest BCUT2D eigenvalue weighted by Gasteiger charge is 2.27. The number of carbonyl (C=O) groups is 3. The molecule has 74 valence electrons. The van der Waals surface area contributed by atoms with E-state index in [9.17, 15) is 14.4 Å². The summed E-state index contributed by atoms with van der Waals surface area (Å²) >= 11 is 0. The molecule has 5 nitrogen and oxygen atoms in total. The molecule has 0 spiro atoms. The number of carboxylic acid groups (broad SMARTS) is 1. The van der Waals surface area contributed by atoms with Gasteiger partial charge in [-0.15, -0.1) is 0 Å². The molecule has 0 heterocycles. The van der Waals surface area contributed by atoms with Crippen molar-refractivity contribution in [3.8, 4) is 0 Å². The zero-order valence-corrected chi connectivity index (χ0v) is 7.57. The lowest BCUT2D eigenvalue weighted by atomic mass is 10.0. The van der Waals surface area contributed by atoms with Crippen molar-refractivity contribution in [2.45, 2.75) is 20.3 Å². The molecule has 0 bridgehead atoms. The summed E-state index contributed by atoms with van der Waals surface area (Å²) in [4.78, 5) is 32.1. The minimum atomic E-state index is -1.19. The van der Waals surface area contributed by atoms with Gasteiger partial charge in [-0.2, -0.15) is 0 Å². The van der Waals surface area contributed by atoms with Crippen LogP contribution in [0.3, 0.4) is 0 Å². The van der Waals surface area contributed by atoms with E-state index in [1.54, 1.807) is 6.92 Å². The molecule has 0 aliphatic rings. The third kappa shape index (κ3) is 4.25. The predicted octanol–water partition coefficient (Wildman–Crippen LogP) is 0.229. The zero-order chi connectivity index (χ0) is 10.4. The molecule has 0 amide bonds. The monoisotopic (exact) mass is 188 g/mol. The highest BCUT2D eigenvalue weighted by molar-refractivity contribution is 6.00. The summed E-state index contributed by atoms with van der Waals surface area (Å²) in [6, 6.07) is 0. The molecule has 0 fully saturated rings. The van der Waals surface area contributed by atoms with Gasteiger partial charge in [0.05, 0.1) is 13.0 Å². The second-order valence-corrected chi connectivity index (χ2v) is 2.51. The normalized spacial score (nSPS) is 11.8. The Morgan fingerprint density at radius 1 is 1.38 bits per heavy atom. The standard InChI is InChI=1S/C8H12O5/c1-3-13-8(12)6(5(2)9)4-7(10)11/h6H,3-4H2,1-2H3,(H,10,11). The van der Waals surface area contributed by atoms with Crippen LogP contribution in [0.4, 0.5) is 0 Å². The highest BCUT2D eigenvalue weighted by atomic mass is 16.5. The minimum absolute atomic E-state index is 0.141. The Bertz CT molecular complexity index is 221. The van der Waals surface area contributed by atoms with Crippen LogP contribution in [-0.2, 0) is 19.1 Å². The number of ketones is 1. The predicted molar refractivity (Wildman–Crippen MR) is 43.1 cm³/mol. The fourth-order valence-electron chi connectivity index (χ4n) is 0.810. The molecule has 0 radical (unpaired) electrons. The van der Waals surface area contributed by atoms with Gasteiger partial charge in [-0.25, -0.2) is 0 Å². The van der Waals surface area contributed by atoms with Crippen LogP contribution < -0.4 is 0 Å². The van der Waals surface area contributed by atoms with Crippen LogP contribution in [0.5, 0.6) is 0 Å². The Labute approximate surface area is 75.7 Å². The van der Waals surface area contributed by atoms with Crippen molar-refractivity contribution in [1.29, 1.82) is 0 Å². The molecule has 0 saturated heterocycles. The van der Waals surface area contributed by atoms with Crippen molar-refractivity contribution in [3.05, 3.63) is 0 Å². The van der Waals surface area contributed by atoms with Gasteiger partial charge in [-0.05, 0) is 13.8 Å². The summed E-state index contributed by atoms with van der Waals surface area (Å²) < 4.78 is 4.54. The molecular formula is C8H12O5. The summed E-state index contributed by atoms with van der Waals surface area (Å²) in [7, 11) is 0. The summed E-state index contributed by atoms with van der Waals surface area (Å²) in [5.41, 5.74) is 0. The molecular weight excluding hydrogens is 176 g/mol. The van der Waals surface area contributed by atoms with Crippen molar-refractivity contribution in [2.75, 3.05) is 6.61 Å². The first-order valence-corrected chi connectivity index (χ1v) is 3.88. The number of aliphatic carboxylic acids is 1. The summed E-state index contributed by atoms with van der Waals surface area (Å²) in [6.07, 6.45) is -0.506. The quantitative estimate of drug-likeness (QED) is 0.493. The Balaban J connectivity index is 4.32. The van der Waals surface area contributed by atoms with Gasteiger partial charge in [0, 0.05) is 0 Å². The number of Topliss-reactive ketones (excluding diaryl/α,β-unsaturated/α-hetero) is 1. The van der Waals surface area contributed by atoms with E-state index in [1.165, 1.54) is 6.92 Å². The van der Waals surface area contributed by atoms with E-state index in [1.807, 2.05) is 0 Å². The fourth-order valence-corrected chi connectivity index (χ4v) is 0.810. The van der Waals surface area contributed by atoms with Crippen LogP contribution in [0.1, 0.15) is 20.3 Å². The molecule has 0 aromatic heterocycles. The van der Waals surface area contributed by atoms with Gasteiger partial charge in [-0.3, -0.25) is 14.4 Å². The van der Waals surface area contributed by atoms with Crippen LogP contribution in [0, 0.1) is 5.92 Å². The number of ether oxygens (including phenoxy) is 1. The Kier molecular flexibility index (Phi) is 4.72. The van der Waals surface area contributed by atoms with Gasteiger partial charge >= 0.3 is 11.9 Å². The van der Waals surface area contributed by atoms with Gasteiger partial charge in [-0.1, -0.05) is 0 Å². The maximum Gasteiger partial charge on any atom is 0.317 e. The minimum Gasteiger partial charge on any atom is -0.481 e. The first-order chi connectivity index (χ1) is 5.99. The Morgan fingerprint density at radius 3 is 2.23 bits per heavy atom. The molecule has 0 aromatic carbocycles. The molecule has 13 heavy (non-hydrogen) atoms. The molecule has 0 aromatic rings. The number of carbonyl (C=O) groups excluding carboxylic acids is 2. The fraction of sp³-hybridized carbons (Fsp3) is 0.625. The number of carboxylic acids is 1. The summed E-state index contributed by atoms with van der Waals surface area (Å²) in [5.74, 6) is -3.61.